The minimum absolute atomic E-state index is 0.0192. The van der Waals surface area contributed by atoms with Crippen LogP contribution >= 0.6 is 0 Å². The van der Waals surface area contributed by atoms with E-state index in [2.05, 4.69) is 0 Å². The highest BCUT2D eigenvalue weighted by atomic mass is 32.2. The lowest BCUT2D eigenvalue weighted by Gasteiger charge is -2.11. The average molecular weight is 306 g/mol. The van der Waals surface area contributed by atoms with E-state index in [0.29, 0.717) is 22.3 Å². The molecular formula is C16H18O4S. The number of phenolic OH excluding ortho intramolecular Hbond substituents is 2. The Hall–Kier alpha value is -2.01. The van der Waals surface area contributed by atoms with E-state index in [1.54, 1.807) is 27.7 Å². The predicted octanol–water partition coefficient (Wildman–Crippen LogP) is 3.16. The van der Waals surface area contributed by atoms with E-state index in [1.807, 2.05) is 0 Å². The molecular weight excluding hydrogens is 288 g/mol. The summed E-state index contributed by atoms with van der Waals surface area (Å²) < 4.78 is 25.3. The number of rotatable bonds is 2. The smallest absolute Gasteiger partial charge is 0.206 e. The van der Waals surface area contributed by atoms with E-state index < -0.39 is 9.84 Å². The molecule has 0 heterocycles. The number of aromatic hydroxyl groups is 2. The molecule has 2 aromatic carbocycles. The number of benzene rings is 2. The van der Waals surface area contributed by atoms with Crippen LogP contribution in [0, 0.1) is 27.7 Å². The van der Waals surface area contributed by atoms with Crippen LogP contribution in [0.1, 0.15) is 22.3 Å². The maximum absolute atomic E-state index is 12.6. The first-order valence-corrected chi connectivity index (χ1v) is 7.98. The van der Waals surface area contributed by atoms with Crippen molar-refractivity contribution >= 4 is 9.84 Å². The van der Waals surface area contributed by atoms with E-state index in [1.165, 1.54) is 24.3 Å². The van der Waals surface area contributed by atoms with Gasteiger partial charge in [-0.1, -0.05) is 0 Å². The van der Waals surface area contributed by atoms with Crippen molar-refractivity contribution in [2.24, 2.45) is 0 Å². The molecule has 0 amide bonds. The van der Waals surface area contributed by atoms with Crippen LogP contribution in [0.5, 0.6) is 11.5 Å². The van der Waals surface area contributed by atoms with Gasteiger partial charge in [0.2, 0.25) is 9.84 Å². The SMILES string of the molecule is Cc1cc(S(=O)(=O)c2cc(C)c(C)c(O)c2)cc(O)c1C. The van der Waals surface area contributed by atoms with E-state index in [0.717, 1.165) is 0 Å². The van der Waals surface area contributed by atoms with Crippen molar-refractivity contribution in [1.82, 2.24) is 0 Å². The van der Waals surface area contributed by atoms with E-state index in [9.17, 15) is 18.6 Å². The maximum Gasteiger partial charge on any atom is 0.206 e. The van der Waals surface area contributed by atoms with Crippen LogP contribution in [-0.2, 0) is 9.84 Å². The highest BCUT2D eigenvalue weighted by molar-refractivity contribution is 7.91. The van der Waals surface area contributed by atoms with Gasteiger partial charge in [-0.25, -0.2) is 8.42 Å². The van der Waals surface area contributed by atoms with Crippen molar-refractivity contribution in [2.45, 2.75) is 37.5 Å². The molecule has 2 aromatic rings. The molecule has 0 aliphatic rings. The van der Waals surface area contributed by atoms with Crippen molar-refractivity contribution in [1.29, 1.82) is 0 Å². The minimum atomic E-state index is -3.78. The average Bonchev–Trinajstić information content (AvgIpc) is 2.40. The van der Waals surface area contributed by atoms with Crippen LogP contribution < -0.4 is 0 Å². The van der Waals surface area contributed by atoms with Crippen molar-refractivity contribution in [3.63, 3.8) is 0 Å². The molecule has 0 spiro atoms. The summed E-state index contributed by atoms with van der Waals surface area (Å²) in [5.41, 5.74) is 2.69. The fourth-order valence-corrected chi connectivity index (χ4v) is 3.53. The predicted molar refractivity (Wildman–Crippen MR) is 80.6 cm³/mol. The summed E-state index contributed by atoms with van der Waals surface area (Å²) in [6, 6.07) is 5.53. The Balaban J connectivity index is 2.68. The number of hydrogen-bond acceptors (Lipinski definition) is 4. The van der Waals surface area contributed by atoms with Gasteiger partial charge in [0.05, 0.1) is 9.79 Å². The summed E-state index contributed by atoms with van der Waals surface area (Å²) in [6.07, 6.45) is 0. The number of phenols is 2. The summed E-state index contributed by atoms with van der Waals surface area (Å²) in [7, 11) is -3.78. The molecule has 0 unspecified atom stereocenters. The third-order valence-corrected chi connectivity index (χ3v) is 5.56. The second-order valence-electron chi connectivity index (χ2n) is 5.27. The Labute approximate surface area is 124 Å². The monoisotopic (exact) mass is 306 g/mol. The van der Waals surface area contributed by atoms with E-state index in [4.69, 9.17) is 0 Å². The highest BCUT2D eigenvalue weighted by Crippen LogP contribution is 2.32. The third-order valence-electron chi connectivity index (χ3n) is 3.85. The van der Waals surface area contributed by atoms with Crippen molar-refractivity contribution < 1.29 is 18.6 Å². The normalized spacial score (nSPS) is 11.6. The maximum atomic E-state index is 12.6. The van der Waals surface area contributed by atoms with Crippen LogP contribution in [-0.4, -0.2) is 18.6 Å². The molecule has 0 fully saturated rings. The Kier molecular flexibility index (Phi) is 3.72. The van der Waals surface area contributed by atoms with Gasteiger partial charge in [0.25, 0.3) is 0 Å². The molecule has 2 rings (SSSR count). The third kappa shape index (κ3) is 2.61. The largest absolute Gasteiger partial charge is 0.508 e. The fraction of sp³-hybridized carbons (Fsp3) is 0.250. The Bertz CT molecular complexity index is 711. The molecule has 112 valence electrons. The molecule has 0 aliphatic heterocycles. The Morgan fingerprint density at radius 2 is 1.05 bits per heavy atom. The highest BCUT2D eigenvalue weighted by Gasteiger charge is 2.21. The zero-order valence-electron chi connectivity index (χ0n) is 12.4. The number of sulfone groups is 1. The summed E-state index contributed by atoms with van der Waals surface area (Å²) in [4.78, 5) is 0.0384. The molecule has 4 nitrogen and oxygen atoms in total. The van der Waals surface area contributed by atoms with Gasteiger partial charge in [-0.05, 0) is 74.2 Å². The van der Waals surface area contributed by atoms with Crippen molar-refractivity contribution in [2.75, 3.05) is 0 Å². The van der Waals surface area contributed by atoms with Gasteiger partial charge >= 0.3 is 0 Å². The summed E-state index contributed by atoms with van der Waals surface area (Å²) >= 11 is 0. The fourth-order valence-electron chi connectivity index (χ4n) is 2.06. The zero-order chi connectivity index (χ0) is 15.9. The zero-order valence-corrected chi connectivity index (χ0v) is 13.2. The van der Waals surface area contributed by atoms with Gasteiger partial charge in [0.1, 0.15) is 11.5 Å². The van der Waals surface area contributed by atoms with Gasteiger partial charge in [-0.3, -0.25) is 0 Å². The van der Waals surface area contributed by atoms with E-state index in [-0.39, 0.29) is 21.3 Å². The Morgan fingerprint density at radius 1 is 0.714 bits per heavy atom. The van der Waals surface area contributed by atoms with Crippen LogP contribution in [0.4, 0.5) is 0 Å². The lowest BCUT2D eigenvalue weighted by Crippen LogP contribution is -2.04. The Morgan fingerprint density at radius 3 is 1.33 bits per heavy atom. The molecule has 0 bridgehead atoms. The second kappa shape index (κ2) is 5.07. The quantitative estimate of drug-likeness (QED) is 0.893. The molecule has 2 N–H and O–H groups in total. The lowest BCUT2D eigenvalue weighted by molar-refractivity contribution is 0.467. The van der Waals surface area contributed by atoms with Gasteiger partial charge < -0.3 is 10.2 Å². The molecule has 0 atom stereocenters. The first kappa shape index (κ1) is 15.4. The molecule has 0 radical (unpaired) electrons. The van der Waals surface area contributed by atoms with E-state index >= 15 is 0 Å². The number of hydrogen-bond donors (Lipinski definition) is 2. The first-order chi connectivity index (χ1) is 9.64. The lowest BCUT2D eigenvalue weighted by atomic mass is 10.1. The van der Waals surface area contributed by atoms with Gasteiger partial charge in [-0.15, -0.1) is 0 Å². The molecule has 0 saturated heterocycles. The summed E-state index contributed by atoms with van der Waals surface area (Å²) in [5, 5.41) is 19.7. The van der Waals surface area contributed by atoms with Gasteiger partial charge in [0, 0.05) is 0 Å². The molecule has 0 aromatic heterocycles. The summed E-state index contributed by atoms with van der Waals surface area (Å²) in [6.45, 7) is 6.93. The first-order valence-electron chi connectivity index (χ1n) is 6.50. The van der Waals surface area contributed by atoms with Gasteiger partial charge in [0.15, 0.2) is 0 Å². The van der Waals surface area contributed by atoms with Crippen LogP contribution in [0.3, 0.4) is 0 Å². The standard InChI is InChI=1S/C16H18O4S/c1-9-5-13(7-15(17)11(9)3)21(19,20)14-6-10(2)12(4)16(18)8-14/h5-8,17-18H,1-4H3. The van der Waals surface area contributed by atoms with Crippen LogP contribution in [0.15, 0.2) is 34.1 Å². The van der Waals surface area contributed by atoms with Crippen LogP contribution in [0.25, 0.3) is 0 Å². The molecule has 0 aliphatic carbocycles. The van der Waals surface area contributed by atoms with Crippen molar-refractivity contribution in [3.8, 4) is 11.5 Å². The number of aryl methyl sites for hydroxylation is 2. The minimum Gasteiger partial charge on any atom is -0.508 e. The van der Waals surface area contributed by atoms with Crippen molar-refractivity contribution in [3.05, 3.63) is 46.5 Å². The summed E-state index contributed by atoms with van der Waals surface area (Å²) in [5.74, 6) is -0.108. The molecule has 21 heavy (non-hydrogen) atoms. The molecule has 0 saturated carbocycles. The molecule has 5 heteroatoms. The van der Waals surface area contributed by atoms with Gasteiger partial charge in [-0.2, -0.15) is 0 Å². The van der Waals surface area contributed by atoms with Crippen LogP contribution in [0.2, 0.25) is 0 Å². The second-order valence-corrected chi connectivity index (χ2v) is 7.22. The topological polar surface area (TPSA) is 74.6 Å².